The SMILES string of the molecule is CC(C)(C)OC(=O)NCCOCCOc1ccc(CN2CCN(c3cc(-c4ccccc4O)nnc3N)CC2)cc1F. The quantitative estimate of drug-likeness (QED) is 0.287. The summed E-state index contributed by atoms with van der Waals surface area (Å²) in [6.07, 6.45) is -0.499. The molecule has 12 heteroatoms. The number of rotatable bonds is 11. The number of phenolic OH excluding ortho intramolecular Hbond substituents is 1. The van der Waals surface area contributed by atoms with Gasteiger partial charge in [-0.15, -0.1) is 10.2 Å². The molecule has 11 nitrogen and oxygen atoms in total. The summed E-state index contributed by atoms with van der Waals surface area (Å²) in [5, 5.41) is 21.1. The van der Waals surface area contributed by atoms with Gasteiger partial charge >= 0.3 is 6.09 Å². The molecule has 0 spiro atoms. The second-order valence-electron chi connectivity index (χ2n) is 10.9. The molecule has 3 aromatic rings. The minimum Gasteiger partial charge on any atom is -0.507 e. The number of nitrogens with two attached hydrogens (primary N) is 1. The van der Waals surface area contributed by atoms with Crippen LogP contribution in [0.15, 0.2) is 48.5 Å². The molecule has 0 radical (unpaired) electrons. The summed E-state index contributed by atoms with van der Waals surface area (Å²) in [5.41, 5.74) is 8.37. The Morgan fingerprint density at radius 3 is 2.52 bits per heavy atom. The highest BCUT2D eigenvalue weighted by molar-refractivity contribution is 5.74. The summed E-state index contributed by atoms with van der Waals surface area (Å²) < 4.78 is 30.8. The van der Waals surface area contributed by atoms with Crippen LogP contribution in [0.2, 0.25) is 0 Å². The lowest BCUT2D eigenvalue weighted by Gasteiger charge is -2.36. The van der Waals surface area contributed by atoms with Gasteiger partial charge in [-0.3, -0.25) is 4.90 Å². The number of benzene rings is 2. The van der Waals surface area contributed by atoms with E-state index < -0.39 is 17.5 Å². The van der Waals surface area contributed by atoms with E-state index in [2.05, 4.69) is 25.3 Å². The summed E-state index contributed by atoms with van der Waals surface area (Å²) >= 11 is 0. The number of carbonyl (C=O) groups is 1. The van der Waals surface area contributed by atoms with E-state index in [1.807, 2.05) is 18.2 Å². The van der Waals surface area contributed by atoms with Crippen molar-refractivity contribution in [2.24, 2.45) is 0 Å². The Morgan fingerprint density at radius 2 is 1.81 bits per heavy atom. The Morgan fingerprint density at radius 1 is 1.05 bits per heavy atom. The van der Waals surface area contributed by atoms with Gasteiger partial charge in [-0.05, 0) is 56.7 Å². The summed E-state index contributed by atoms with van der Waals surface area (Å²) in [4.78, 5) is 16.0. The van der Waals surface area contributed by atoms with Gasteiger partial charge in [0.2, 0.25) is 0 Å². The number of halogens is 1. The van der Waals surface area contributed by atoms with Crippen molar-refractivity contribution in [2.45, 2.75) is 32.9 Å². The first-order valence-corrected chi connectivity index (χ1v) is 13.9. The number of nitrogen functional groups attached to an aromatic ring is 1. The van der Waals surface area contributed by atoms with Crippen LogP contribution in [0.1, 0.15) is 26.3 Å². The largest absolute Gasteiger partial charge is 0.507 e. The molecule has 2 aromatic carbocycles. The van der Waals surface area contributed by atoms with Crippen LogP contribution in [0, 0.1) is 5.82 Å². The molecule has 42 heavy (non-hydrogen) atoms. The fourth-order valence-corrected chi connectivity index (χ4v) is 4.48. The molecule has 1 amide bonds. The highest BCUT2D eigenvalue weighted by atomic mass is 19.1. The maximum atomic E-state index is 14.7. The third-order valence-electron chi connectivity index (χ3n) is 6.50. The Kier molecular flexibility index (Phi) is 10.4. The predicted molar refractivity (Wildman–Crippen MR) is 158 cm³/mol. The van der Waals surface area contributed by atoms with Crippen LogP contribution in [0.5, 0.6) is 11.5 Å². The normalized spacial score (nSPS) is 14.0. The number of piperazine rings is 1. The number of hydrogen-bond donors (Lipinski definition) is 3. The highest BCUT2D eigenvalue weighted by Gasteiger charge is 2.21. The number of hydrogen-bond acceptors (Lipinski definition) is 10. The Labute approximate surface area is 245 Å². The monoisotopic (exact) mass is 582 g/mol. The van der Waals surface area contributed by atoms with Gasteiger partial charge in [-0.25, -0.2) is 9.18 Å². The number of phenols is 1. The number of nitrogens with one attached hydrogen (secondary N) is 1. The third kappa shape index (κ3) is 8.92. The molecule has 1 aliphatic rings. The van der Waals surface area contributed by atoms with E-state index in [0.29, 0.717) is 49.9 Å². The maximum Gasteiger partial charge on any atom is 0.407 e. The number of para-hydroxylation sites is 1. The smallest absolute Gasteiger partial charge is 0.407 e. The van der Waals surface area contributed by atoms with Crippen molar-refractivity contribution in [2.75, 3.05) is 63.2 Å². The lowest BCUT2D eigenvalue weighted by atomic mass is 10.1. The molecule has 1 fully saturated rings. The zero-order valence-corrected chi connectivity index (χ0v) is 24.3. The standard InChI is InChI=1S/C30H39FN6O5/c1-30(2,3)42-29(39)33-10-15-40-16-17-41-27-9-8-21(18-23(27)31)20-36-11-13-37(14-12-36)25-19-24(34-35-28(25)32)22-6-4-5-7-26(22)38/h4-9,18-19,38H,10-17,20H2,1-3H3,(H2,32,35)(H,33,39). The van der Waals surface area contributed by atoms with E-state index in [4.69, 9.17) is 19.9 Å². The van der Waals surface area contributed by atoms with Crippen LogP contribution in [0.25, 0.3) is 11.3 Å². The first-order valence-electron chi connectivity index (χ1n) is 13.9. The van der Waals surface area contributed by atoms with Crippen molar-refractivity contribution in [3.63, 3.8) is 0 Å². The number of nitrogens with zero attached hydrogens (tertiary/aromatic N) is 4. The third-order valence-corrected chi connectivity index (χ3v) is 6.50. The molecule has 0 atom stereocenters. The topological polar surface area (TPSA) is 135 Å². The average molecular weight is 583 g/mol. The molecule has 2 heterocycles. The molecular weight excluding hydrogens is 543 g/mol. The molecule has 226 valence electrons. The Balaban J connectivity index is 1.19. The number of ether oxygens (including phenoxy) is 3. The summed E-state index contributed by atoms with van der Waals surface area (Å²) in [6.45, 7) is 9.97. The van der Waals surface area contributed by atoms with E-state index in [-0.39, 0.29) is 24.7 Å². The molecule has 0 aliphatic carbocycles. The number of carbonyl (C=O) groups excluding carboxylic acids is 1. The molecule has 1 aromatic heterocycles. The van der Waals surface area contributed by atoms with E-state index in [0.717, 1.165) is 24.3 Å². The molecule has 1 saturated heterocycles. The lowest BCUT2D eigenvalue weighted by Crippen LogP contribution is -2.46. The van der Waals surface area contributed by atoms with E-state index in [9.17, 15) is 14.3 Å². The lowest BCUT2D eigenvalue weighted by molar-refractivity contribution is 0.0488. The second-order valence-corrected chi connectivity index (χ2v) is 10.9. The fraction of sp³-hybridized carbons (Fsp3) is 0.433. The van der Waals surface area contributed by atoms with E-state index in [1.165, 1.54) is 6.07 Å². The minimum atomic E-state index is -0.554. The van der Waals surface area contributed by atoms with Crippen molar-refractivity contribution in [1.82, 2.24) is 20.4 Å². The average Bonchev–Trinajstić information content (AvgIpc) is 2.94. The van der Waals surface area contributed by atoms with Crippen molar-refractivity contribution in [1.29, 1.82) is 0 Å². The molecular formula is C30H39FN6O5. The summed E-state index contributed by atoms with van der Waals surface area (Å²) in [7, 11) is 0. The zero-order valence-electron chi connectivity index (χ0n) is 24.3. The van der Waals surface area contributed by atoms with Gasteiger partial charge in [0.1, 0.15) is 18.0 Å². The molecule has 4 rings (SSSR count). The van der Waals surface area contributed by atoms with Crippen molar-refractivity contribution in [3.8, 4) is 22.8 Å². The highest BCUT2D eigenvalue weighted by Crippen LogP contribution is 2.31. The van der Waals surface area contributed by atoms with Crippen LogP contribution in [0.3, 0.4) is 0 Å². The number of aromatic hydroxyl groups is 1. The van der Waals surface area contributed by atoms with Crippen LogP contribution >= 0.6 is 0 Å². The van der Waals surface area contributed by atoms with Crippen LogP contribution < -0.4 is 20.7 Å². The number of amides is 1. The molecule has 4 N–H and O–H groups in total. The summed E-state index contributed by atoms with van der Waals surface area (Å²) in [6, 6.07) is 13.8. The van der Waals surface area contributed by atoms with Crippen LogP contribution in [-0.4, -0.2) is 84.4 Å². The molecule has 1 aliphatic heterocycles. The van der Waals surface area contributed by atoms with Gasteiger partial charge in [-0.2, -0.15) is 0 Å². The maximum absolute atomic E-state index is 14.7. The van der Waals surface area contributed by atoms with E-state index >= 15 is 0 Å². The molecule has 0 bridgehead atoms. The van der Waals surface area contributed by atoms with Crippen molar-refractivity contribution in [3.05, 3.63) is 59.9 Å². The van der Waals surface area contributed by atoms with Crippen LogP contribution in [0.4, 0.5) is 20.7 Å². The van der Waals surface area contributed by atoms with Crippen molar-refractivity contribution < 1.29 is 28.5 Å². The first-order chi connectivity index (χ1) is 20.1. The number of anilines is 2. The van der Waals surface area contributed by atoms with Gasteiger partial charge in [-0.1, -0.05) is 18.2 Å². The predicted octanol–water partition coefficient (Wildman–Crippen LogP) is 3.81. The molecule has 0 saturated carbocycles. The number of aromatic nitrogens is 2. The van der Waals surface area contributed by atoms with Gasteiger partial charge in [0, 0.05) is 44.8 Å². The van der Waals surface area contributed by atoms with Gasteiger partial charge in [0.05, 0.1) is 24.6 Å². The zero-order chi connectivity index (χ0) is 30.1. The Bertz CT molecular complexity index is 1340. The van der Waals surface area contributed by atoms with Gasteiger partial charge in [0.25, 0.3) is 0 Å². The Hall–Kier alpha value is -4.16. The van der Waals surface area contributed by atoms with Crippen molar-refractivity contribution >= 4 is 17.6 Å². The number of alkyl carbamates (subject to hydrolysis) is 1. The van der Waals surface area contributed by atoms with Gasteiger partial charge in [0.15, 0.2) is 17.4 Å². The van der Waals surface area contributed by atoms with Crippen LogP contribution in [-0.2, 0) is 16.0 Å². The first kappa shape index (κ1) is 30.8. The minimum absolute atomic E-state index is 0.133. The van der Waals surface area contributed by atoms with E-state index in [1.54, 1.807) is 45.0 Å². The van der Waals surface area contributed by atoms with Gasteiger partial charge < -0.3 is 35.3 Å². The molecule has 0 unspecified atom stereocenters. The summed E-state index contributed by atoms with van der Waals surface area (Å²) in [5.74, 6) is 0.210. The second kappa shape index (κ2) is 14.1. The fourth-order valence-electron chi connectivity index (χ4n) is 4.48.